The number of nitrogens with two attached hydrogens (primary N) is 1. The molecular formula is C14H23N3O2S. The lowest BCUT2D eigenvalue weighted by molar-refractivity contribution is 0.315. The van der Waals surface area contributed by atoms with Gasteiger partial charge in [0.1, 0.15) is 0 Å². The van der Waals surface area contributed by atoms with Crippen LogP contribution in [0.25, 0.3) is 0 Å². The van der Waals surface area contributed by atoms with E-state index < -0.39 is 10.0 Å². The minimum Gasteiger partial charge on any atom is -0.324 e. The molecule has 0 aromatic heterocycles. The van der Waals surface area contributed by atoms with Crippen molar-refractivity contribution in [1.29, 1.82) is 0 Å². The minimum atomic E-state index is -3.40. The Hall–Kier alpha value is -1.11. The zero-order valence-electron chi connectivity index (χ0n) is 12.1. The van der Waals surface area contributed by atoms with Gasteiger partial charge in [0.15, 0.2) is 0 Å². The highest BCUT2D eigenvalue weighted by molar-refractivity contribution is 7.89. The summed E-state index contributed by atoms with van der Waals surface area (Å²) in [5.41, 5.74) is 3.41. The number of rotatable bonds is 3. The van der Waals surface area contributed by atoms with Gasteiger partial charge in [-0.2, -0.15) is 4.31 Å². The molecule has 1 aliphatic heterocycles. The van der Waals surface area contributed by atoms with Crippen LogP contribution in [-0.2, 0) is 10.0 Å². The molecule has 0 unspecified atom stereocenters. The molecule has 0 saturated carbocycles. The highest BCUT2D eigenvalue weighted by atomic mass is 32.2. The molecule has 0 radical (unpaired) electrons. The van der Waals surface area contributed by atoms with E-state index in [9.17, 15) is 8.42 Å². The second-order valence-corrected chi connectivity index (χ2v) is 8.03. The molecule has 1 heterocycles. The van der Waals surface area contributed by atoms with Crippen molar-refractivity contribution in [2.75, 3.05) is 18.5 Å². The number of anilines is 1. The Morgan fingerprint density at radius 1 is 1.15 bits per heavy atom. The first-order valence-corrected chi connectivity index (χ1v) is 8.36. The molecule has 1 aromatic rings. The molecule has 1 fully saturated rings. The van der Waals surface area contributed by atoms with Gasteiger partial charge in [0.05, 0.1) is 4.90 Å². The third-order valence-electron chi connectivity index (χ3n) is 3.96. The van der Waals surface area contributed by atoms with Gasteiger partial charge in [-0.05, 0) is 48.9 Å². The van der Waals surface area contributed by atoms with Gasteiger partial charge in [0.25, 0.3) is 0 Å². The molecule has 0 amide bonds. The van der Waals surface area contributed by atoms with Crippen LogP contribution in [0.3, 0.4) is 0 Å². The number of hydrazine groups is 1. The van der Waals surface area contributed by atoms with E-state index in [2.05, 4.69) is 19.3 Å². The fourth-order valence-electron chi connectivity index (χ4n) is 2.51. The molecule has 0 atom stereocenters. The Morgan fingerprint density at radius 3 is 2.40 bits per heavy atom. The first-order chi connectivity index (χ1) is 9.35. The molecule has 6 heteroatoms. The molecule has 0 bridgehead atoms. The first kappa shape index (κ1) is 15.3. The van der Waals surface area contributed by atoms with Gasteiger partial charge in [-0.25, -0.2) is 8.42 Å². The van der Waals surface area contributed by atoms with Crippen molar-refractivity contribution in [3.8, 4) is 0 Å². The van der Waals surface area contributed by atoms with Crippen molar-refractivity contribution >= 4 is 15.7 Å². The maximum absolute atomic E-state index is 12.6. The molecule has 20 heavy (non-hydrogen) atoms. The van der Waals surface area contributed by atoms with E-state index in [1.807, 2.05) is 0 Å². The van der Waals surface area contributed by atoms with E-state index in [1.54, 1.807) is 28.6 Å². The number of benzene rings is 1. The number of hydrogen-bond donors (Lipinski definition) is 2. The lowest BCUT2D eigenvalue weighted by atomic mass is 9.85. The lowest BCUT2D eigenvalue weighted by Crippen LogP contribution is -2.32. The molecule has 5 nitrogen and oxygen atoms in total. The van der Waals surface area contributed by atoms with E-state index in [1.165, 1.54) is 0 Å². The molecular weight excluding hydrogens is 274 g/mol. The third kappa shape index (κ3) is 3.31. The van der Waals surface area contributed by atoms with Crippen LogP contribution >= 0.6 is 0 Å². The number of sulfonamides is 1. The van der Waals surface area contributed by atoms with E-state index in [0.717, 1.165) is 19.3 Å². The highest BCUT2D eigenvalue weighted by Gasteiger charge is 2.30. The van der Waals surface area contributed by atoms with Crippen LogP contribution < -0.4 is 11.3 Å². The topological polar surface area (TPSA) is 75.4 Å². The van der Waals surface area contributed by atoms with E-state index in [4.69, 9.17) is 5.84 Å². The summed E-state index contributed by atoms with van der Waals surface area (Å²) in [5, 5.41) is 0. The first-order valence-electron chi connectivity index (χ1n) is 6.92. The molecule has 1 saturated heterocycles. The number of hydrogen-bond acceptors (Lipinski definition) is 4. The Morgan fingerprint density at radius 2 is 1.80 bits per heavy atom. The van der Waals surface area contributed by atoms with Gasteiger partial charge >= 0.3 is 0 Å². The van der Waals surface area contributed by atoms with Crippen molar-refractivity contribution in [3.63, 3.8) is 0 Å². The highest BCUT2D eigenvalue weighted by Crippen LogP contribution is 2.31. The molecule has 3 N–H and O–H groups in total. The average Bonchev–Trinajstić information content (AvgIpc) is 2.60. The minimum absolute atomic E-state index is 0.220. The summed E-state index contributed by atoms with van der Waals surface area (Å²) in [6.45, 7) is 5.59. The van der Waals surface area contributed by atoms with Crippen LogP contribution in [0.4, 0.5) is 5.69 Å². The van der Waals surface area contributed by atoms with Crippen LogP contribution in [0.5, 0.6) is 0 Å². The van der Waals surface area contributed by atoms with Crippen LogP contribution in [0.2, 0.25) is 0 Å². The van der Waals surface area contributed by atoms with Crippen molar-refractivity contribution in [2.24, 2.45) is 11.3 Å². The molecule has 1 aliphatic rings. The van der Waals surface area contributed by atoms with Crippen LogP contribution in [0.15, 0.2) is 29.2 Å². The molecule has 112 valence electrons. The summed E-state index contributed by atoms with van der Waals surface area (Å²) in [6.07, 6.45) is 2.87. The number of nitrogen functional groups attached to an aromatic ring is 1. The summed E-state index contributed by atoms with van der Waals surface area (Å²) in [5.74, 6) is 5.29. The standard InChI is InChI=1S/C14H23N3O2S/c1-14(2)8-3-10-17(11-9-14)20(18,19)13-6-4-12(16-15)5-7-13/h4-7,16H,3,8-11,15H2,1-2H3. The fourth-order valence-corrected chi connectivity index (χ4v) is 3.99. The molecule has 1 aromatic carbocycles. The molecule has 0 aliphatic carbocycles. The van der Waals surface area contributed by atoms with Gasteiger partial charge in [-0.1, -0.05) is 13.8 Å². The van der Waals surface area contributed by atoms with Gasteiger partial charge in [-0.3, -0.25) is 5.84 Å². The number of nitrogens with zero attached hydrogens (tertiary/aromatic N) is 1. The zero-order valence-corrected chi connectivity index (χ0v) is 12.9. The van der Waals surface area contributed by atoms with E-state index in [0.29, 0.717) is 23.7 Å². The summed E-state index contributed by atoms with van der Waals surface area (Å²) >= 11 is 0. The largest absolute Gasteiger partial charge is 0.324 e. The van der Waals surface area contributed by atoms with Crippen molar-refractivity contribution in [2.45, 2.75) is 38.0 Å². The van der Waals surface area contributed by atoms with Crippen LogP contribution in [0, 0.1) is 5.41 Å². The summed E-state index contributed by atoms with van der Waals surface area (Å²) in [4.78, 5) is 0.330. The second kappa shape index (κ2) is 5.71. The normalized spacial score (nSPS) is 20.4. The predicted octanol–water partition coefficient (Wildman–Crippen LogP) is 2.17. The summed E-state index contributed by atoms with van der Waals surface area (Å²) < 4.78 is 26.9. The van der Waals surface area contributed by atoms with Gasteiger partial charge in [0.2, 0.25) is 10.0 Å². The third-order valence-corrected chi connectivity index (χ3v) is 5.87. The second-order valence-electron chi connectivity index (χ2n) is 6.09. The van der Waals surface area contributed by atoms with Gasteiger partial charge in [-0.15, -0.1) is 0 Å². The Labute approximate surface area is 121 Å². The maximum atomic E-state index is 12.6. The van der Waals surface area contributed by atoms with E-state index >= 15 is 0 Å². The lowest BCUT2D eigenvalue weighted by Gasteiger charge is -2.23. The Balaban J connectivity index is 2.20. The quantitative estimate of drug-likeness (QED) is 0.662. The monoisotopic (exact) mass is 297 g/mol. The zero-order chi connectivity index (χ0) is 14.8. The summed E-state index contributed by atoms with van der Waals surface area (Å²) in [7, 11) is -3.40. The summed E-state index contributed by atoms with van der Waals surface area (Å²) in [6, 6.07) is 6.55. The molecule has 2 rings (SSSR count). The Kier molecular flexibility index (Phi) is 4.36. The fraction of sp³-hybridized carbons (Fsp3) is 0.571. The van der Waals surface area contributed by atoms with E-state index in [-0.39, 0.29) is 5.41 Å². The van der Waals surface area contributed by atoms with Crippen molar-refractivity contribution < 1.29 is 8.42 Å². The van der Waals surface area contributed by atoms with Crippen molar-refractivity contribution in [1.82, 2.24) is 4.31 Å². The molecule has 0 spiro atoms. The van der Waals surface area contributed by atoms with Crippen LogP contribution in [0.1, 0.15) is 33.1 Å². The van der Waals surface area contributed by atoms with Gasteiger partial charge < -0.3 is 5.43 Å². The smallest absolute Gasteiger partial charge is 0.243 e. The average molecular weight is 297 g/mol. The van der Waals surface area contributed by atoms with Gasteiger partial charge in [0, 0.05) is 18.8 Å². The predicted molar refractivity (Wildman–Crippen MR) is 80.6 cm³/mol. The SMILES string of the molecule is CC1(C)CCCN(S(=O)(=O)c2ccc(NN)cc2)CC1. The van der Waals surface area contributed by atoms with Crippen molar-refractivity contribution in [3.05, 3.63) is 24.3 Å². The number of nitrogens with one attached hydrogen (secondary N) is 1. The maximum Gasteiger partial charge on any atom is 0.243 e. The van der Waals surface area contributed by atoms with Crippen LogP contribution in [-0.4, -0.2) is 25.8 Å². The Bertz CT molecular complexity index is 552.